The van der Waals surface area contributed by atoms with Gasteiger partial charge < -0.3 is 35.0 Å². The molecule has 0 radical (unpaired) electrons. The van der Waals surface area contributed by atoms with Crippen LogP contribution in [0.15, 0.2) is 61.1 Å². The lowest BCUT2D eigenvalue weighted by atomic mass is 10.0. The average molecular weight is 565 g/mol. The number of nitrogens with zero attached hydrogens (tertiary/aromatic N) is 4. The standard InChI is InChI=1S/C32H36N8O2/c1-40-18-23(19-40)35-16-20-7-12-26(27(15-20)41-2)37-32-38-30-28(31(39-32)42-24-5-3-4-6-24)25(17-36-30)21-8-10-22(11-9-21)29-33-13-14-34-29/h7-15,17,23-24,35H,3-6,16,18-19H2,1-2H3,(H,33,34)(H2,36,37,38,39). The lowest BCUT2D eigenvalue weighted by Crippen LogP contribution is -2.55. The molecule has 1 aliphatic carbocycles. The summed E-state index contributed by atoms with van der Waals surface area (Å²) >= 11 is 0. The van der Waals surface area contributed by atoms with Crippen LogP contribution in [0.1, 0.15) is 31.2 Å². The first kappa shape index (κ1) is 26.5. The van der Waals surface area contributed by atoms with Crippen molar-refractivity contribution < 1.29 is 9.47 Å². The van der Waals surface area contributed by atoms with Gasteiger partial charge in [-0.2, -0.15) is 9.97 Å². The number of anilines is 2. The highest BCUT2D eigenvalue weighted by Gasteiger charge is 2.24. The van der Waals surface area contributed by atoms with E-state index >= 15 is 0 Å². The molecule has 1 aliphatic heterocycles. The molecule has 0 unspecified atom stereocenters. The van der Waals surface area contributed by atoms with Gasteiger partial charge in [0.1, 0.15) is 23.3 Å². The van der Waals surface area contributed by atoms with Crippen LogP contribution in [-0.4, -0.2) is 69.2 Å². The zero-order valence-corrected chi connectivity index (χ0v) is 24.0. The molecule has 42 heavy (non-hydrogen) atoms. The summed E-state index contributed by atoms with van der Waals surface area (Å²) < 4.78 is 12.3. The zero-order chi connectivity index (χ0) is 28.5. The Morgan fingerprint density at radius 1 is 1.00 bits per heavy atom. The van der Waals surface area contributed by atoms with E-state index in [4.69, 9.17) is 19.4 Å². The van der Waals surface area contributed by atoms with Crippen LogP contribution >= 0.6 is 0 Å². The molecular weight excluding hydrogens is 528 g/mol. The predicted molar refractivity (Wildman–Crippen MR) is 164 cm³/mol. The number of rotatable bonds is 10. The summed E-state index contributed by atoms with van der Waals surface area (Å²) in [4.78, 5) is 23.0. The van der Waals surface area contributed by atoms with Crippen LogP contribution in [0, 0.1) is 0 Å². The minimum atomic E-state index is 0.150. The van der Waals surface area contributed by atoms with E-state index in [0.717, 1.165) is 77.5 Å². The van der Waals surface area contributed by atoms with Gasteiger partial charge in [-0.25, -0.2) is 4.98 Å². The van der Waals surface area contributed by atoms with Crippen LogP contribution in [0.5, 0.6) is 11.6 Å². The highest BCUT2D eigenvalue weighted by molar-refractivity contribution is 5.98. The van der Waals surface area contributed by atoms with Crippen molar-refractivity contribution in [2.24, 2.45) is 0 Å². The second-order valence-corrected chi connectivity index (χ2v) is 11.3. The Morgan fingerprint density at radius 2 is 1.81 bits per heavy atom. The topological polar surface area (TPSA) is 116 Å². The van der Waals surface area contributed by atoms with Crippen LogP contribution in [0.3, 0.4) is 0 Å². The van der Waals surface area contributed by atoms with Crippen LogP contribution in [0.25, 0.3) is 33.5 Å². The molecule has 10 heteroatoms. The van der Waals surface area contributed by atoms with E-state index in [1.165, 1.54) is 18.4 Å². The Morgan fingerprint density at radius 3 is 2.55 bits per heavy atom. The van der Waals surface area contributed by atoms with Crippen LogP contribution in [-0.2, 0) is 6.54 Å². The van der Waals surface area contributed by atoms with Crippen molar-refractivity contribution in [1.82, 2.24) is 35.1 Å². The molecular formula is C32H36N8O2. The molecule has 216 valence electrons. The molecule has 2 aromatic carbocycles. The quantitative estimate of drug-likeness (QED) is 0.176. The van der Waals surface area contributed by atoms with Gasteiger partial charge in [0.25, 0.3) is 0 Å². The highest BCUT2D eigenvalue weighted by Crippen LogP contribution is 2.38. The van der Waals surface area contributed by atoms with Gasteiger partial charge in [-0.3, -0.25) is 0 Å². The molecule has 0 spiro atoms. The van der Waals surface area contributed by atoms with Gasteiger partial charge >= 0.3 is 0 Å². The number of methoxy groups -OCH3 is 1. The van der Waals surface area contributed by atoms with E-state index in [2.05, 4.69) is 73.9 Å². The minimum absolute atomic E-state index is 0.150. The van der Waals surface area contributed by atoms with E-state index in [0.29, 0.717) is 17.9 Å². The van der Waals surface area contributed by atoms with Gasteiger partial charge in [-0.05, 0) is 56.0 Å². The molecule has 4 N–H and O–H groups in total. The third-order valence-electron chi connectivity index (χ3n) is 8.22. The molecule has 1 saturated heterocycles. The SMILES string of the molecule is COc1cc(CNC2CN(C)C2)ccc1Nc1nc(OC2CCCC2)c2c(-c3ccc(-c4ncc[nH]4)cc3)c[nH]c2n1. The number of aromatic amines is 2. The lowest BCUT2D eigenvalue weighted by molar-refractivity contribution is 0.161. The maximum Gasteiger partial charge on any atom is 0.232 e. The van der Waals surface area contributed by atoms with E-state index in [9.17, 15) is 0 Å². The van der Waals surface area contributed by atoms with Crippen molar-refractivity contribution >= 4 is 22.7 Å². The Kier molecular flexibility index (Phi) is 7.23. The van der Waals surface area contributed by atoms with E-state index in [1.807, 2.05) is 18.5 Å². The fraction of sp³-hybridized carbons (Fsp3) is 0.344. The van der Waals surface area contributed by atoms with Crippen molar-refractivity contribution in [3.8, 4) is 34.1 Å². The Hall–Kier alpha value is -4.41. The fourth-order valence-electron chi connectivity index (χ4n) is 5.92. The number of H-pyrrole nitrogens is 2. The summed E-state index contributed by atoms with van der Waals surface area (Å²) in [6, 6.07) is 15.0. The van der Waals surface area contributed by atoms with Crippen molar-refractivity contribution in [3.63, 3.8) is 0 Å². The van der Waals surface area contributed by atoms with Gasteiger partial charge in [0.05, 0.1) is 18.2 Å². The number of fused-ring (bicyclic) bond motifs is 1. The van der Waals surface area contributed by atoms with Crippen LogP contribution < -0.4 is 20.1 Å². The molecule has 0 bridgehead atoms. The Balaban J connectivity index is 1.18. The third-order valence-corrected chi connectivity index (χ3v) is 8.22. The zero-order valence-electron chi connectivity index (χ0n) is 24.0. The first-order valence-corrected chi connectivity index (χ1v) is 14.6. The monoisotopic (exact) mass is 564 g/mol. The second kappa shape index (κ2) is 11.5. The molecule has 2 aliphatic rings. The number of imidazole rings is 1. The summed E-state index contributed by atoms with van der Waals surface area (Å²) in [7, 11) is 3.82. The molecule has 2 fully saturated rings. The molecule has 7 rings (SSSR count). The number of aromatic nitrogens is 5. The second-order valence-electron chi connectivity index (χ2n) is 11.3. The summed E-state index contributed by atoms with van der Waals surface area (Å²) in [5, 5.41) is 7.88. The predicted octanol–water partition coefficient (Wildman–Crippen LogP) is 5.49. The van der Waals surface area contributed by atoms with Gasteiger partial charge in [0, 0.05) is 55.4 Å². The summed E-state index contributed by atoms with van der Waals surface area (Å²) in [6.07, 6.45) is 10.1. The average Bonchev–Trinajstić information content (AvgIpc) is 3.78. The number of hydrogen-bond acceptors (Lipinski definition) is 8. The van der Waals surface area contributed by atoms with E-state index < -0.39 is 0 Å². The fourth-order valence-corrected chi connectivity index (χ4v) is 5.92. The van der Waals surface area contributed by atoms with Crippen molar-refractivity contribution in [2.45, 2.75) is 44.4 Å². The Labute approximate surface area is 244 Å². The number of likely N-dealkylation sites (tertiary alicyclic amines) is 1. The number of benzene rings is 2. The van der Waals surface area contributed by atoms with Gasteiger partial charge in [0.15, 0.2) is 0 Å². The van der Waals surface area contributed by atoms with Crippen molar-refractivity contribution in [3.05, 3.63) is 66.6 Å². The Bertz CT molecular complexity index is 1650. The molecule has 1 saturated carbocycles. The molecule has 3 aromatic heterocycles. The molecule has 4 heterocycles. The maximum absolute atomic E-state index is 6.55. The third kappa shape index (κ3) is 5.43. The van der Waals surface area contributed by atoms with E-state index in [-0.39, 0.29) is 6.10 Å². The number of likely N-dealkylation sites (N-methyl/N-ethyl adjacent to an activating group) is 1. The van der Waals surface area contributed by atoms with E-state index in [1.54, 1.807) is 13.3 Å². The number of ether oxygens (including phenoxy) is 2. The molecule has 0 atom stereocenters. The summed E-state index contributed by atoms with van der Waals surface area (Å²) in [6.45, 7) is 2.96. The maximum atomic E-state index is 6.55. The van der Waals surface area contributed by atoms with Gasteiger partial charge in [-0.15, -0.1) is 0 Å². The lowest BCUT2D eigenvalue weighted by Gasteiger charge is -2.36. The molecule has 0 amide bonds. The summed E-state index contributed by atoms with van der Waals surface area (Å²) in [5.74, 6) is 2.63. The first-order chi connectivity index (χ1) is 20.6. The smallest absolute Gasteiger partial charge is 0.232 e. The van der Waals surface area contributed by atoms with Crippen LogP contribution in [0.2, 0.25) is 0 Å². The van der Waals surface area contributed by atoms with Crippen molar-refractivity contribution in [2.75, 3.05) is 32.6 Å². The molecule has 10 nitrogen and oxygen atoms in total. The minimum Gasteiger partial charge on any atom is -0.495 e. The molecule has 5 aromatic rings. The highest BCUT2D eigenvalue weighted by atomic mass is 16.5. The van der Waals surface area contributed by atoms with Gasteiger partial charge in [0.2, 0.25) is 11.8 Å². The largest absolute Gasteiger partial charge is 0.495 e. The summed E-state index contributed by atoms with van der Waals surface area (Å²) in [5.41, 5.74) is 5.77. The number of hydrogen-bond donors (Lipinski definition) is 4. The normalized spacial score (nSPS) is 16.1. The first-order valence-electron chi connectivity index (χ1n) is 14.6. The van der Waals surface area contributed by atoms with Crippen LogP contribution in [0.4, 0.5) is 11.6 Å². The number of nitrogens with one attached hydrogen (secondary N) is 4. The van der Waals surface area contributed by atoms with Gasteiger partial charge in [-0.1, -0.05) is 30.3 Å². The van der Waals surface area contributed by atoms with Crippen molar-refractivity contribution in [1.29, 1.82) is 0 Å².